The van der Waals surface area contributed by atoms with E-state index in [0.29, 0.717) is 0 Å². The molecule has 0 saturated heterocycles. The SMILES string of the molecule is CCOC(=O)C(=CNC1CC1)C(=O)c1cc(F)c(Cl)nc1Cl. The van der Waals surface area contributed by atoms with Crippen LogP contribution in [0.15, 0.2) is 17.8 Å². The van der Waals surface area contributed by atoms with Gasteiger partial charge in [-0.3, -0.25) is 4.79 Å². The molecule has 1 aromatic rings. The van der Waals surface area contributed by atoms with Crippen LogP contribution in [-0.2, 0) is 9.53 Å². The molecule has 118 valence electrons. The molecule has 1 N–H and O–H groups in total. The van der Waals surface area contributed by atoms with Crippen molar-refractivity contribution in [2.24, 2.45) is 0 Å². The maximum atomic E-state index is 13.5. The van der Waals surface area contributed by atoms with Gasteiger partial charge in [0.05, 0.1) is 12.2 Å². The number of pyridine rings is 1. The van der Waals surface area contributed by atoms with E-state index in [9.17, 15) is 14.0 Å². The molecule has 0 spiro atoms. The Morgan fingerprint density at radius 2 is 2.14 bits per heavy atom. The fourth-order valence-electron chi connectivity index (χ4n) is 1.63. The monoisotopic (exact) mass is 346 g/mol. The van der Waals surface area contributed by atoms with Gasteiger partial charge in [0.25, 0.3) is 0 Å². The second-order valence-electron chi connectivity index (χ2n) is 4.65. The molecule has 0 atom stereocenters. The first-order valence-electron chi connectivity index (χ1n) is 6.63. The number of ketones is 1. The van der Waals surface area contributed by atoms with E-state index in [4.69, 9.17) is 27.9 Å². The van der Waals surface area contributed by atoms with Crippen molar-refractivity contribution in [1.29, 1.82) is 0 Å². The summed E-state index contributed by atoms with van der Waals surface area (Å²) in [6.07, 6.45) is 3.19. The van der Waals surface area contributed by atoms with Crippen LogP contribution >= 0.6 is 23.2 Å². The smallest absolute Gasteiger partial charge is 0.343 e. The molecule has 2 rings (SSSR count). The number of hydrogen-bond donors (Lipinski definition) is 1. The number of ether oxygens (including phenoxy) is 1. The zero-order valence-corrected chi connectivity index (χ0v) is 13.2. The number of rotatable bonds is 6. The van der Waals surface area contributed by atoms with Crippen LogP contribution in [0.1, 0.15) is 30.1 Å². The Morgan fingerprint density at radius 3 is 2.73 bits per heavy atom. The summed E-state index contributed by atoms with van der Waals surface area (Å²) < 4.78 is 18.3. The average molecular weight is 347 g/mol. The quantitative estimate of drug-likeness (QED) is 0.214. The lowest BCUT2D eigenvalue weighted by atomic mass is 10.1. The molecule has 1 fully saturated rings. The largest absolute Gasteiger partial charge is 0.462 e. The van der Waals surface area contributed by atoms with Gasteiger partial charge in [-0.05, 0) is 25.8 Å². The molecular weight excluding hydrogens is 334 g/mol. The third kappa shape index (κ3) is 3.96. The van der Waals surface area contributed by atoms with Gasteiger partial charge in [0.15, 0.2) is 11.0 Å². The summed E-state index contributed by atoms with van der Waals surface area (Å²) in [5.74, 6) is -2.49. The van der Waals surface area contributed by atoms with Crippen molar-refractivity contribution in [2.45, 2.75) is 25.8 Å². The number of Topliss-reactive ketones (excluding diaryl/α,β-unsaturated/α-hetero) is 1. The molecule has 0 aliphatic heterocycles. The molecular formula is C14H13Cl2FN2O3. The number of carbonyl (C=O) groups is 2. The van der Waals surface area contributed by atoms with Crippen molar-refractivity contribution in [3.63, 3.8) is 0 Å². The first-order valence-corrected chi connectivity index (χ1v) is 7.39. The fourth-order valence-corrected chi connectivity index (χ4v) is 2.03. The van der Waals surface area contributed by atoms with Crippen LogP contribution in [0.2, 0.25) is 10.3 Å². The van der Waals surface area contributed by atoms with Gasteiger partial charge in [0.1, 0.15) is 10.7 Å². The summed E-state index contributed by atoms with van der Waals surface area (Å²) in [6.45, 7) is 1.72. The van der Waals surface area contributed by atoms with E-state index in [1.54, 1.807) is 6.92 Å². The van der Waals surface area contributed by atoms with Crippen LogP contribution in [0, 0.1) is 5.82 Å². The Kier molecular flexibility index (Phi) is 5.37. The highest BCUT2D eigenvalue weighted by Crippen LogP contribution is 2.24. The average Bonchev–Trinajstić information content (AvgIpc) is 3.27. The minimum atomic E-state index is -0.896. The van der Waals surface area contributed by atoms with Crippen molar-refractivity contribution >= 4 is 35.0 Å². The van der Waals surface area contributed by atoms with E-state index in [-0.39, 0.29) is 28.9 Å². The third-order valence-electron chi connectivity index (χ3n) is 2.91. The molecule has 0 radical (unpaired) electrons. The standard InChI is InChI=1S/C14H13Cl2FN2O3/c1-2-22-14(21)9(6-18-7-3-4-7)11(20)8-5-10(17)13(16)19-12(8)15/h5-7,18H,2-4H2,1H3. The van der Waals surface area contributed by atoms with E-state index in [0.717, 1.165) is 18.9 Å². The Labute approximate surface area is 136 Å². The number of nitrogens with one attached hydrogen (secondary N) is 1. The van der Waals surface area contributed by atoms with Gasteiger partial charge in [0.2, 0.25) is 5.78 Å². The van der Waals surface area contributed by atoms with Gasteiger partial charge in [-0.2, -0.15) is 0 Å². The van der Waals surface area contributed by atoms with Crippen LogP contribution in [0.4, 0.5) is 4.39 Å². The number of halogens is 3. The third-order valence-corrected chi connectivity index (χ3v) is 3.47. The lowest BCUT2D eigenvalue weighted by molar-refractivity contribution is -0.138. The number of aromatic nitrogens is 1. The minimum Gasteiger partial charge on any atom is -0.462 e. The topological polar surface area (TPSA) is 68.3 Å². The molecule has 22 heavy (non-hydrogen) atoms. The molecule has 1 heterocycles. The van der Waals surface area contributed by atoms with E-state index in [2.05, 4.69) is 10.3 Å². The molecule has 0 unspecified atom stereocenters. The highest BCUT2D eigenvalue weighted by atomic mass is 35.5. The second-order valence-corrected chi connectivity index (χ2v) is 5.36. The normalized spacial score (nSPS) is 14.6. The summed E-state index contributed by atoms with van der Waals surface area (Å²) in [7, 11) is 0. The zero-order valence-electron chi connectivity index (χ0n) is 11.7. The number of esters is 1. The minimum absolute atomic E-state index is 0.105. The maximum Gasteiger partial charge on any atom is 0.343 e. The van der Waals surface area contributed by atoms with Gasteiger partial charge < -0.3 is 10.1 Å². The van der Waals surface area contributed by atoms with Gasteiger partial charge in [-0.1, -0.05) is 23.2 Å². The van der Waals surface area contributed by atoms with Gasteiger partial charge in [-0.15, -0.1) is 0 Å². The Bertz CT molecular complexity index is 645. The summed E-state index contributed by atoms with van der Waals surface area (Å²) >= 11 is 11.3. The number of carbonyl (C=O) groups excluding carboxylic acids is 2. The second kappa shape index (κ2) is 7.07. The van der Waals surface area contributed by atoms with E-state index in [1.165, 1.54) is 6.20 Å². The van der Waals surface area contributed by atoms with Crippen LogP contribution in [0.25, 0.3) is 0 Å². The molecule has 0 bridgehead atoms. The highest BCUT2D eigenvalue weighted by Gasteiger charge is 2.27. The number of hydrogen-bond acceptors (Lipinski definition) is 5. The Balaban J connectivity index is 2.33. The van der Waals surface area contributed by atoms with Crippen molar-refractivity contribution in [2.75, 3.05) is 6.61 Å². The van der Waals surface area contributed by atoms with Crippen molar-refractivity contribution in [3.05, 3.63) is 39.5 Å². The first kappa shape index (κ1) is 16.7. The van der Waals surface area contributed by atoms with E-state index >= 15 is 0 Å². The summed E-state index contributed by atoms with van der Waals surface area (Å²) in [5, 5.41) is 2.20. The predicted molar refractivity (Wildman–Crippen MR) is 79.4 cm³/mol. The predicted octanol–water partition coefficient (Wildman–Crippen LogP) is 2.91. The van der Waals surface area contributed by atoms with Crippen LogP contribution in [-0.4, -0.2) is 29.4 Å². The molecule has 1 saturated carbocycles. The van der Waals surface area contributed by atoms with Crippen LogP contribution in [0.3, 0.4) is 0 Å². The molecule has 0 aromatic carbocycles. The van der Waals surface area contributed by atoms with E-state index < -0.39 is 22.7 Å². The lowest BCUT2D eigenvalue weighted by Crippen LogP contribution is -2.21. The maximum absolute atomic E-state index is 13.5. The van der Waals surface area contributed by atoms with Crippen molar-refractivity contribution < 1.29 is 18.7 Å². The number of nitrogens with zero attached hydrogens (tertiary/aromatic N) is 1. The Hall–Kier alpha value is -1.66. The molecule has 8 heteroatoms. The first-order chi connectivity index (χ1) is 10.4. The van der Waals surface area contributed by atoms with Crippen molar-refractivity contribution in [3.8, 4) is 0 Å². The molecule has 1 aliphatic carbocycles. The molecule has 5 nitrogen and oxygen atoms in total. The van der Waals surface area contributed by atoms with Crippen molar-refractivity contribution in [1.82, 2.24) is 10.3 Å². The van der Waals surface area contributed by atoms with Gasteiger partial charge >= 0.3 is 5.97 Å². The van der Waals surface area contributed by atoms with Gasteiger partial charge in [0, 0.05) is 12.2 Å². The molecule has 0 amide bonds. The fraction of sp³-hybridized carbons (Fsp3) is 0.357. The zero-order chi connectivity index (χ0) is 16.3. The lowest BCUT2D eigenvalue weighted by Gasteiger charge is -2.09. The van der Waals surface area contributed by atoms with Crippen LogP contribution in [0.5, 0.6) is 0 Å². The summed E-state index contributed by atoms with van der Waals surface area (Å²) in [6, 6.07) is 1.08. The summed E-state index contributed by atoms with van der Waals surface area (Å²) in [5.41, 5.74) is -0.514. The van der Waals surface area contributed by atoms with Gasteiger partial charge in [-0.25, -0.2) is 14.2 Å². The summed E-state index contributed by atoms with van der Waals surface area (Å²) in [4.78, 5) is 27.9. The van der Waals surface area contributed by atoms with Crippen LogP contribution < -0.4 is 5.32 Å². The molecule has 1 aliphatic rings. The molecule has 1 aromatic heterocycles. The Morgan fingerprint density at radius 1 is 1.45 bits per heavy atom. The highest BCUT2D eigenvalue weighted by molar-refractivity contribution is 6.37. The van der Waals surface area contributed by atoms with E-state index in [1.807, 2.05) is 0 Å².